The fourth-order valence-electron chi connectivity index (χ4n) is 3.32. The third-order valence-corrected chi connectivity index (χ3v) is 7.57. The molecular weight excluding hydrogens is 476 g/mol. The van der Waals surface area contributed by atoms with Crippen LogP contribution in [0.15, 0.2) is 52.2 Å². The standard InChI is InChI=1S/C24H22N2O4S3/c1-4-30-24(28)22-17(19-6-5-9-31-19)12-33-23(22)26-20(27)13-32-21-10-14(2)16-8-7-15(29-3)11-18(16)25-21/h5-12H,4,13H2,1-3H3,(H,26,27). The number of thioether (sulfide) groups is 1. The van der Waals surface area contributed by atoms with Crippen molar-refractivity contribution in [1.82, 2.24) is 4.98 Å². The Balaban J connectivity index is 1.51. The average molecular weight is 499 g/mol. The first kappa shape index (κ1) is 23.3. The number of carbonyl (C=O) groups is 2. The maximum absolute atomic E-state index is 12.7. The molecule has 0 aliphatic heterocycles. The summed E-state index contributed by atoms with van der Waals surface area (Å²) in [6, 6.07) is 11.6. The number of fused-ring (bicyclic) bond motifs is 1. The summed E-state index contributed by atoms with van der Waals surface area (Å²) in [6.07, 6.45) is 0. The van der Waals surface area contributed by atoms with Gasteiger partial charge >= 0.3 is 5.97 Å². The van der Waals surface area contributed by atoms with E-state index < -0.39 is 5.97 Å². The highest BCUT2D eigenvalue weighted by Gasteiger charge is 2.23. The Morgan fingerprint density at radius 2 is 2.03 bits per heavy atom. The first-order valence-electron chi connectivity index (χ1n) is 10.2. The van der Waals surface area contributed by atoms with Crippen LogP contribution in [0.1, 0.15) is 22.8 Å². The number of ether oxygens (including phenoxy) is 2. The number of nitrogens with one attached hydrogen (secondary N) is 1. The van der Waals surface area contributed by atoms with Crippen molar-refractivity contribution in [2.24, 2.45) is 0 Å². The Morgan fingerprint density at radius 1 is 1.18 bits per heavy atom. The Labute approximate surface area is 204 Å². The van der Waals surface area contributed by atoms with Gasteiger partial charge in [0.05, 0.1) is 30.0 Å². The molecule has 1 N–H and O–H groups in total. The normalized spacial score (nSPS) is 10.9. The number of thiophene rings is 2. The van der Waals surface area contributed by atoms with Crippen LogP contribution in [-0.2, 0) is 9.53 Å². The number of pyridine rings is 1. The molecule has 3 heterocycles. The van der Waals surface area contributed by atoms with Crippen molar-refractivity contribution in [2.75, 3.05) is 24.8 Å². The summed E-state index contributed by atoms with van der Waals surface area (Å²) in [6.45, 7) is 4.04. The Kier molecular flexibility index (Phi) is 7.32. The molecule has 6 nitrogen and oxygen atoms in total. The van der Waals surface area contributed by atoms with Crippen LogP contribution < -0.4 is 10.1 Å². The van der Waals surface area contributed by atoms with Gasteiger partial charge in [-0.15, -0.1) is 22.7 Å². The van der Waals surface area contributed by atoms with E-state index in [4.69, 9.17) is 9.47 Å². The van der Waals surface area contributed by atoms with Gasteiger partial charge in [-0.3, -0.25) is 4.79 Å². The van der Waals surface area contributed by atoms with Gasteiger partial charge in [0.1, 0.15) is 16.3 Å². The summed E-state index contributed by atoms with van der Waals surface area (Å²) in [5.74, 6) is 0.248. The van der Waals surface area contributed by atoms with E-state index in [1.807, 2.05) is 54.1 Å². The van der Waals surface area contributed by atoms with Crippen LogP contribution in [0.4, 0.5) is 5.00 Å². The summed E-state index contributed by atoms with van der Waals surface area (Å²) >= 11 is 4.20. The molecule has 0 aliphatic rings. The molecular formula is C24H22N2O4S3. The first-order chi connectivity index (χ1) is 16.0. The van der Waals surface area contributed by atoms with Crippen molar-refractivity contribution in [3.63, 3.8) is 0 Å². The molecule has 1 aromatic carbocycles. The molecule has 0 bridgehead atoms. The summed E-state index contributed by atoms with van der Waals surface area (Å²) in [7, 11) is 1.62. The second-order valence-corrected chi connectivity index (χ2v) is 9.87. The van der Waals surface area contributed by atoms with Gasteiger partial charge in [-0.1, -0.05) is 17.8 Å². The number of hydrogen-bond donors (Lipinski definition) is 1. The minimum atomic E-state index is -0.439. The van der Waals surface area contributed by atoms with Gasteiger partial charge in [-0.25, -0.2) is 9.78 Å². The molecule has 4 rings (SSSR count). The molecule has 1 amide bonds. The summed E-state index contributed by atoms with van der Waals surface area (Å²) in [5, 5.41) is 9.00. The largest absolute Gasteiger partial charge is 0.497 e. The van der Waals surface area contributed by atoms with Crippen LogP contribution in [0.2, 0.25) is 0 Å². The maximum atomic E-state index is 12.7. The molecule has 0 atom stereocenters. The van der Waals surface area contributed by atoms with E-state index in [9.17, 15) is 9.59 Å². The molecule has 0 saturated carbocycles. The van der Waals surface area contributed by atoms with Gasteiger partial charge in [0.15, 0.2) is 0 Å². The average Bonchev–Trinajstić information content (AvgIpc) is 3.47. The number of carbonyl (C=O) groups excluding carboxylic acids is 2. The molecule has 4 aromatic rings. The number of aromatic nitrogens is 1. The van der Waals surface area contributed by atoms with Crippen LogP contribution >= 0.6 is 34.4 Å². The van der Waals surface area contributed by atoms with Gasteiger partial charge < -0.3 is 14.8 Å². The lowest BCUT2D eigenvalue weighted by Crippen LogP contribution is -2.16. The third kappa shape index (κ3) is 5.21. The number of methoxy groups -OCH3 is 1. The van der Waals surface area contributed by atoms with Crippen molar-refractivity contribution in [3.8, 4) is 16.2 Å². The number of rotatable bonds is 8. The van der Waals surface area contributed by atoms with Gasteiger partial charge in [-0.05, 0) is 49.1 Å². The minimum Gasteiger partial charge on any atom is -0.497 e. The highest BCUT2D eigenvalue weighted by atomic mass is 32.2. The fourth-order valence-corrected chi connectivity index (χ4v) is 5.89. The van der Waals surface area contributed by atoms with E-state index in [-0.39, 0.29) is 18.3 Å². The Bertz CT molecular complexity index is 1300. The molecule has 0 fully saturated rings. The number of hydrogen-bond acceptors (Lipinski definition) is 8. The topological polar surface area (TPSA) is 77.5 Å². The molecule has 3 aromatic heterocycles. The van der Waals surface area contributed by atoms with E-state index in [0.29, 0.717) is 10.6 Å². The maximum Gasteiger partial charge on any atom is 0.341 e. The smallest absolute Gasteiger partial charge is 0.341 e. The quantitative estimate of drug-likeness (QED) is 0.229. The summed E-state index contributed by atoms with van der Waals surface area (Å²) in [5.41, 5.74) is 3.07. The molecule has 0 spiro atoms. The number of nitrogens with zero attached hydrogens (tertiary/aromatic N) is 1. The SMILES string of the molecule is CCOC(=O)c1c(-c2cccs2)csc1NC(=O)CSc1cc(C)c2ccc(OC)cc2n1. The molecule has 0 unspecified atom stereocenters. The van der Waals surface area contributed by atoms with Gasteiger partial charge in [0.2, 0.25) is 5.91 Å². The van der Waals surface area contributed by atoms with Gasteiger partial charge in [0, 0.05) is 27.3 Å². The lowest BCUT2D eigenvalue weighted by Gasteiger charge is -2.09. The van der Waals surface area contributed by atoms with Crippen LogP contribution in [-0.4, -0.2) is 36.3 Å². The number of amides is 1. The first-order valence-corrected chi connectivity index (χ1v) is 12.9. The van der Waals surface area contributed by atoms with E-state index in [1.54, 1.807) is 14.0 Å². The van der Waals surface area contributed by atoms with Crippen molar-refractivity contribution < 1.29 is 19.1 Å². The highest BCUT2D eigenvalue weighted by Crippen LogP contribution is 2.38. The molecule has 170 valence electrons. The van der Waals surface area contributed by atoms with E-state index in [0.717, 1.165) is 37.7 Å². The predicted octanol–water partition coefficient (Wildman–Crippen LogP) is 6.25. The lowest BCUT2D eigenvalue weighted by molar-refractivity contribution is -0.113. The zero-order valence-electron chi connectivity index (χ0n) is 18.3. The van der Waals surface area contributed by atoms with Crippen LogP contribution in [0, 0.1) is 6.92 Å². The van der Waals surface area contributed by atoms with Crippen LogP contribution in [0.25, 0.3) is 21.3 Å². The molecule has 9 heteroatoms. The number of aryl methyl sites for hydroxylation is 1. The zero-order chi connectivity index (χ0) is 23.4. The number of benzene rings is 1. The van der Waals surface area contributed by atoms with E-state index in [1.165, 1.54) is 34.4 Å². The monoisotopic (exact) mass is 498 g/mol. The molecule has 0 aliphatic carbocycles. The van der Waals surface area contributed by atoms with Crippen molar-refractivity contribution in [2.45, 2.75) is 18.9 Å². The summed E-state index contributed by atoms with van der Waals surface area (Å²) in [4.78, 5) is 31.0. The fraction of sp³-hybridized carbons (Fsp3) is 0.208. The van der Waals surface area contributed by atoms with E-state index in [2.05, 4.69) is 10.3 Å². The second kappa shape index (κ2) is 10.4. The molecule has 33 heavy (non-hydrogen) atoms. The van der Waals surface area contributed by atoms with Gasteiger partial charge in [-0.2, -0.15) is 0 Å². The Hall–Kier alpha value is -2.88. The highest BCUT2D eigenvalue weighted by molar-refractivity contribution is 7.99. The zero-order valence-corrected chi connectivity index (χ0v) is 20.8. The van der Waals surface area contributed by atoms with Crippen molar-refractivity contribution in [3.05, 3.63) is 58.3 Å². The van der Waals surface area contributed by atoms with Crippen molar-refractivity contribution in [1.29, 1.82) is 0 Å². The molecule has 0 radical (unpaired) electrons. The number of esters is 1. The predicted molar refractivity (Wildman–Crippen MR) is 136 cm³/mol. The van der Waals surface area contributed by atoms with E-state index >= 15 is 0 Å². The van der Waals surface area contributed by atoms with Crippen LogP contribution in [0.5, 0.6) is 5.75 Å². The van der Waals surface area contributed by atoms with Gasteiger partial charge in [0.25, 0.3) is 0 Å². The summed E-state index contributed by atoms with van der Waals surface area (Å²) < 4.78 is 10.5. The lowest BCUT2D eigenvalue weighted by atomic mass is 10.1. The molecule has 0 saturated heterocycles. The minimum absolute atomic E-state index is 0.163. The van der Waals surface area contributed by atoms with Crippen LogP contribution in [0.3, 0.4) is 0 Å². The number of anilines is 1. The Morgan fingerprint density at radius 3 is 2.76 bits per heavy atom. The second-order valence-electron chi connectivity index (χ2n) is 7.05. The van der Waals surface area contributed by atoms with Crippen molar-refractivity contribution >= 4 is 62.2 Å². The third-order valence-electron chi connectivity index (χ3n) is 4.86.